The molecule has 0 saturated carbocycles. The maximum atomic E-state index is 11.4. The number of ether oxygens (including phenoxy) is 3. The molecular formula is C13H27NO4. The molecule has 108 valence electrons. The van der Waals surface area contributed by atoms with Gasteiger partial charge in [0, 0.05) is 20.3 Å². The summed E-state index contributed by atoms with van der Waals surface area (Å²) in [5, 5.41) is 3.07. The maximum Gasteiger partial charge on any atom is 0.322 e. The molecule has 0 aliphatic heterocycles. The Morgan fingerprint density at radius 2 is 1.94 bits per heavy atom. The molecule has 0 aliphatic carbocycles. The van der Waals surface area contributed by atoms with Crippen LogP contribution >= 0.6 is 0 Å². The Labute approximate surface area is 110 Å². The molecule has 0 rings (SSSR count). The first-order valence-electron chi connectivity index (χ1n) is 6.41. The summed E-state index contributed by atoms with van der Waals surface area (Å²) in [6.07, 6.45) is 1.45. The molecule has 0 radical (unpaired) electrons. The van der Waals surface area contributed by atoms with Crippen molar-refractivity contribution in [3.8, 4) is 0 Å². The predicted molar refractivity (Wildman–Crippen MR) is 70.6 cm³/mol. The SMILES string of the molecule is CCNC(CCOCCC(C)(C)OC)C(=O)OC. The molecule has 5 nitrogen and oxygen atoms in total. The Hall–Kier alpha value is -0.650. The second-order valence-corrected chi connectivity index (χ2v) is 4.75. The van der Waals surface area contributed by atoms with Crippen molar-refractivity contribution in [2.45, 2.75) is 45.3 Å². The van der Waals surface area contributed by atoms with Crippen LogP contribution in [0.1, 0.15) is 33.6 Å². The maximum absolute atomic E-state index is 11.4. The number of nitrogens with one attached hydrogen (secondary N) is 1. The summed E-state index contributed by atoms with van der Waals surface area (Å²) in [6.45, 7) is 7.89. The molecule has 1 N–H and O–H groups in total. The minimum Gasteiger partial charge on any atom is -0.468 e. The van der Waals surface area contributed by atoms with Crippen LogP contribution in [0.25, 0.3) is 0 Å². The fourth-order valence-corrected chi connectivity index (χ4v) is 1.42. The highest BCUT2D eigenvalue weighted by Crippen LogP contribution is 2.12. The van der Waals surface area contributed by atoms with Crippen molar-refractivity contribution < 1.29 is 19.0 Å². The number of methoxy groups -OCH3 is 2. The molecule has 5 heteroatoms. The molecule has 0 bridgehead atoms. The Morgan fingerprint density at radius 1 is 1.28 bits per heavy atom. The number of carbonyl (C=O) groups is 1. The van der Waals surface area contributed by atoms with Crippen LogP contribution in [0.5, 0.6) is 0 Å². The Balaban J connectivity index is 3.77. The van der Waals surface area contributed by atoms with Gasteiger partial charge in [0.25, 0.3) is 0 Å². The Kier molecular flexibility index (Phi) is 8.97. The van der Waals surface area contributed by atoms with E-state index in [9.17, 15) is 4.79 Å². The zero-order valence-corrected chi connectivity index (χ0v) is 12.2. The highest BCUT2D eigenvalue weighted by atomic mass is 16.5. The zero-order chi connectivity index (χ0) is 14.0. The first kappa shape index (κ1) is 17.4. The first-order chi connectivity index (χ1) is 8.46. The lowest BCUT2D eigenvalue weighted by atomic mass is 10.1. The van der Waals surface area contributed by atoms with E-state index >= 15 is 0 Å². The Morgan fingerprint density at radius 3 is 2.44 bits per heavy atom. The molecule has 1 atom stereocenters. The normalized spacial score (nSPS) is 13.4. The van der Waals surface area contributed by atoms with Crippen LogP contribution in [0.15, 0.2) is 0 Å². The average Bonchev–Trinajstić information content (AvgIpc) is 2.36. The molecule has 0 aliphatic rings. The summed E-state index contributed by atoms with van der Waals surface area (Å²) in [6, 6.07) is -0.282. The fraction of sp³-hybridized carbons (Fsp3) is 0.923. The summed E-state index contributed by atoms with van der Waals surface area (Å²) in [5.74, 6) is -0.238. The quantitative estimate of drug-likeness (QED) is 0.475. The molecule has 0 fully saturated rings. The third-order valence-electron chi connectivity index (χ3n) is 2.89. The van der Waals surface area contributed by atoms with Crippen LogP contribution in [-0.4, -0.2) is 51.6 Å². The Bertz CT molecular complexity index is 231. The van der Waals surface area contributed by atoms with Crippen LogP contribution < -0.4 is 5.32 Å². The minimum atomic E-state index is -0.282. The average molecular weight is 261 g/mol. The lowest BCUT2D eigenvalue weighted by molar-refractivity contribution is -0.143. The topological polar surface area (TPSA) is 56.8 Å². The van der Waals surface area contributed by atoms with Crippen LogP contribution in [0.3, 0.4) is 0 Å². The van der Waals surface area contributed by atoms with E-state index in [1.165, 1.54) is 7.11 Å². The van der Waals surface area contributed by atoms with Crippen molar-refractivity contribution >= 4 is 5.97 Å². The van der Waals surface area contributed by atoms with Gasteiger partial charge >= 0.3 is 5.97 Å². The van der Waals surface area contributed by atoms with Crippen LogP contribution in [0.4, 0.5) is 0 Å². The highest BCUT2D eigenvalue weighted by molar-refractivity contribution is 5.75. The molecule has 0 aromatic rings. The van der Waals surface area contributed by atoms with Gasteiger partial charge in [0.1, 0.15) is 6.04 Å². The van der Waals surface area contributed by atoms with E-state index in [4.69, 9.17) is 14.2 Å². The van der Waals surface area contributed by atoms with E-state index in [1.54, 1.807) is 7.11 Å². The van der Waals surface area contributed by atoms with Crippen molar-refractivity contribution in [3.63, 3.8) is 0 Å². The summed E-state index contributed by atoms with van der Waals surface area (Å²) in [7, 11) is 3.09. The van der Waals surface area contributed by atoms with Gasteiger partial charge in [-0.15, -0.1) is 0 Å². The van der Waals surface area contributed by atoms with Crippen LogP contribution in [0, 0.1) is 0 Å². The number of esters is 1. The molecule has 0 aromatic carbocycles. The molecule has 18 heavy (non-hydrogen) atoms. The number of hydrogen-bond donors (Lipinski definition) is 1. The zero-order valence-electron chi connectivity index (χ0n) is 12.2. The fourth-order valence-electron chi connectivity index (χ4n) is 1.42. The molecule has 0 aromatic heterocycles. The van der Waals surface area contributed by atoms with Crippen molar-refractivity contribution in [2.75, 3.05) is 34.0 Å². The van der Waals surface area contributed by atoms with E-state index < -0.39 is 0 Å². The summed E-state index contributed by atoms with van der Waals surface area (Å²) < 4.78 is 15.5. The lowest BCUT2D eigenvalue weighted by Gasteiger charge is -2.22. The molecule has 0 spiro atoms. The van der Waals surface area contributed by atoms with Crippen LogP contribution in [0.2, 0.25) is 0 Å². The predicted octanol–water partition coefficient (Wildman–Crippen LogP) is 1.36. The smallest absolute Gasteiger partial charge is 0.322 e. The second-order valence-electron chi connectivity index (χ2n) is 4.75. The van der Waals surface area contributed by atoms with E-state index in [0.717, 1.165) is 13.0 Å². The number of rotatable bonds is 10. The number of likely N-dealkylation sites (N-methyl/N-ethyl adjacent to an activating group) is 1. The number of hydrogen-bond acceptors (Lipinski definition) is 5. The second kappa shape index (κ2) is 9.30. The molecule has 0 heterocycles. The summed E-state index contributed by atoms with van der Waals surface area (Å²) >= 11 is 0. The van der Waals surface area contributed by atoms with Crippen molar-refractivity contribution in [1.29, 1.82) is 0 Å². The largest absolute Gasteiger partial charge is 0.468 e. The van der Waals surface area contributed by atoms with Gasteiger partial charge in [-0.1, -0.05) is 6.92 Å². The lowest BCUT2D eigenvalue weighted by Crippen LogP contribution is -2.38. The molecular weight excluding hydrogens is 234 g/mol. The third-order valence-corrected chi connectivity index (χ3v) is 2.89. The monoisotopic (exact) mass is 261 g/mol. The van der Waals surface area contributed by atoms with Gasteiger partial charge < -0.3 is 19.5 Å². The van der Waals surface area contributed by atoms with E-state index in [-0.39, 0.29) is 17.6 Å². The van der Waals surface area contributed by atoms with Gasteiger partial charge in [-0.25, -0.2) is 0 Å². The summed E-state index contributed by atoms with van der Waals surface area (Å²) in [4.78, 5) is 11.4. The highest BCUT2D eigenvalue weighted by Gasteiger charge is 2.18. The summed E-state index contributed by atoms with van der Waals surface area (Å²) in [5.41, 5.74) is -0.163. The van der Waals surface area contributed by atoms with Gasteiger partial charge in [-0.2, -0.15) is 0 Å². The molecule has 1 unspecified atom stereocenters. The van der Waals surface area contributed by atoms with Gasteiger partial charge in [0.15, 0.2) is 0 Å². The van der Waals surface area contributed by atoms with Gasteiger partial charge in [-0.3, -0.25) is 4.79 Å². The first-order valence-corrected chi connectivity index (χ1v) is 6.41. The van der Waals surface area contributed by atoms with Gasteiger partial charge in [-0.05, 0) is 33.2 Å². The van der Waals surface area contributed by atoms with E-state index in [0.29, 0.717) is 19.6 Å². The minimum absolute atomic E-state index is 0.163. The standard InChI is InChI=1S/C13H27NO4/c1-6-14-11(12(15)16-4)7-9-18-10-8-13(2,3)17-5/h11,14H,6-10H2,1-5H3. The molecule has 0 saturated heterocycles. The van der Waals surface area contributed by atoms with Crippen molar-refractivity contribution in [1.82, 2.24) is 5.32 Å². The molecule has 0 amide bonds. The van der Waals surface area contributed by atoms with Gasteiger partial charge in [0.05, 0.1) is 12.7 Å². The van der Waals surface area contributed by atoms with Crippen molar-refractivity contribution in [3.05, 3.63) is 0 Å². The number of carbonyl (C=O) groups excluding carboxylic acids is 1. The van der Waals surface area contributed by atoms with E-state index in [2.05, 4.69) is 5.32 Å². The van der Waals surface area contributed by atoms with Gasteiger partial charge in [0.2, 0.25) is 0 Å². The van der Waals surface area contributed by atoms with Crippen LogP contribution in [-0.2, 0) is 19.0 Å². The van der Waals surface area contributed by atoms with E-state index in [1.807, 2.05) is 20.8 Å². The third kappa shape index (κ3) is 7.63. The van der Waals surface area contributed by atoms with Crippen molar-refractivity contribution in [2.24, 2.45) is 0 Å².